The van der Waals surface area contributed by atoms with E-state index in [0.29, 0.717) is 38.7 Å². The molecular formula is C25H28F3N5O2. The van der Waals surface area contributed by atoms with E-state index in [4.69, 9.17) is 4.74 Å². The van der Waals surface area contributed by atoms with E-state index in [2.05, 4.69) is 15.2 Å². The predicted octanol–water partition coefficient (Wildman–Crippen LogP) is 3.64. The molecule has 2 bridgehead atoms. The van der Waals surface area contributed by atoms with Gasteiger partial charge in [-0.1, -0.05) is 6.07 Å². The molecule has 1 aromatic heterocycles. The summed E-state index contributed by atoms with van der Waals surface area (Å²) in [5.41, 5.74) is 3.52. The zero-order chi connectivity index (χ0) is 24.2. The summed E-state index contributed by atoms with van der Waals surface area (Å²) in [6.45, 7) is 2.98. The van der Waals surface area contributed by atoms with Crippen molar-refractivity contribution < 1.29 is 22.7 Å². The number of rotatable bonds is 3. The maximum absolute atomic E-state index is 14.0. The van der Waals surface area contributed by atoms with Gasteiger partial charge in [-0.05, 0) is 42.5 Å². The lowest BCUT2D eigenvalue weighted by Gasteiger charge is -2.53. The number of anilines is 4. The second kappa shape index (κ2) is 8.67. The van der Waals surface area contributed by atoms with Crippen LogP contribution in [0.15, 0.2) is 36.5 Å². The van der Waals surface area contributed by atoms with Gasteiger partial charge in [-0.2, -0.15) is 13.2 Å². The predicted molar refractivity (Wildman–Crippen MR) is 126 cm³/mol. The van der Waals surface area contributed by atoms with Crippen LogP contribution in [-0.2, 0) is 16.1 Å². The molecule has 6 rings (SSSR count). The van der Waals surface area contributed by atoms with Crippen LogP contribution in [-0.4, -0.2) is 67.9 Å². The molecule has 3 atom stereocenters. The fraction of sp³-hybridized carbons (Fsp3) is 0.520. The van der Waals surface area contributed by atoms with Gasteiger partial charge in [0.05, 0.1) is 37.7 Å². The number of likely N-dealkylation sites (tertiary alicyclic amines) is 1. The summed E-state index contributed by atoms with van der Waals surface area (Å²) in [5, 5.41) is 3.39. The number of benzene rings is 1. The van der Waals surface area contributed by atoms with E-state index in [-0.39, 0.29) is 23.7 Å². The molecule has 4 aliphatic rings. The lowest BCUT2D eigenvalue weighted by molar-refractivity contribution is -0.168. The first-order valence-electron chi connectivity index (χ1n) is 12.1. The van der Waals surface area contributed by atoms with Crippen LogP contribution in [0, 0.1) is 17.8 Å². The normalized spacial score (nSPS) is 26.2. The monoisotopic (exact) mass is 487 g/mol. The molecule has 7 nitrogen and oxygen atoms in total. The van der Waals surface area contributed by atoms with Gasteiger partial charge >= 0.3 is 6.18 Å². The highest BCUT2D eigenvalue weighted by Gasteiger charge is 2.53. The average molecular weight is 488 g/mol. The Hall–Kier alpha value is -2.85. The van der Waals surface area contributed by atoms with E-state index >= 15 is 0 Å². The smallest absolute Gasteiger partial charge is 0.378 e. The molecule has 1 saturated carbocycles. The number of amides is 1. The molecular weight excluding hydrogens is 459 g/mol. The van der Waals surface area contributed by atoms with E-state index in [9.17, 15) is 18.0 Å². The highest BCUT2D eigenvalue weighted by atomic mass is 19.4. The third-order valence-corrected chi connectivity index (χ3v) is 7.68. The third-order valence-electron chi connectivity index (χ3n) is 7.68. The Kier molecular flexibility index (Phi) is 5.60. The highest BCUT2D eigenvalue weighted by Crippen LogP contribution is 2.48. The minimum atomic E-state index is -4.22. The number of morpholine rings is 1. The van der Waals surface area contributed by atoms with Crippen molar-refractivity contribution in [2.75, 3.05) is 61.1 Å². The third kappa shape index (κ3) is 4.33. The maximum Gasteiger partial charge on any atom is 0.401 e. The van der Waals surface area contributed by atoms with Crippen molar-refractivity contribution in [3.63, 3.8) is 0 Å². The van der Waals surface area contributed by atoms with Crippen LogP contribution in [0.25, 0.3) is 0 Å². The summed E-state index contributed by atoms with van der Waals surface area (Å²) < 4.78 is 44.3. The number of aromatic nitrogens is 1. The summed E-state index contributed by atoms with van der Waals surface area (Å²) in [6, 6.07) is 9.88. The number of alkyl halides is 3. The Bertz CT molecular complexity index is 1110. The Morgan fingerprint density at radius 1 is 1.14 bits per heavy atom. The molecule has 3 fully saturated rings. The van der Waals surface area contributed by atoms with Crippen LogP contribution in [0.3, 0.4) is 0 Å². The molecule has 1 unspecified atom stereocenters. The minimum absolute atomic E-state index is 0.00297. The molecule has 1 aromatic carbocycles. The summed E-state index contributed by atoms with van der Waals surface area (Å²) in [4.78, 5) is 24.0. The van der Waals surface area contributed by atoms with E-state index < -0.39 is 12.7 Å². The van der Waals surface area contributed by atoms with Gasteiger partial charge < -0.3 is 19.9 Å². The van der Waals surface area contributed by atoms with Gasteiger partial charge in [0.2, 0.25) is 5.91 Å². The van der Waals surface area contributed by atoms with Gasteiger partial charge in [0.1, 0.15) is 5.82 Å². The van der Waals surface area contributed by atoms with Crippen molar-refractivity contribution in [3.8, 4) is 0 Å². The molecule has 2 aromatic rings. The molecule has 0 spiro atoms. The molecule has 3 aliphatic heterocycles. The molecule has 1 amide bonds. The maximum atomic E-state index is 14.0. The fourth-order valence-electron chi connectivity index (χ4n) is 6.08. The standard InChI is InChI=1S/C25H28F3N5O2/c26-25(27,28)15-31-12-17-10-18(13-31)22(17)24(34)33-14-16-2-1-5-29-23(16)30-20-4-3-19(11-21(20)33)32-6-8-35-9-7-32/h1-5,11,17-18,22H,6-10,12-15H2,(H,29,30)/t17-,18+,22?. The number of halogens is 3. The largest absolute Gasteiger partial charge is 0.401 e. The minimum Gasteiger partial charge on any atom is -0.378 e. The van der Waals surface area contributed by atoms with Crippen molar-refractivity contribution in [2.24, 2.45) is 17.8 Å². The Balaban J connectivity index is 1.30. The first-order chi connectivity index (χ1) is 16.9. The van der Waals surface area contributed by atoms with Gasteiger partial charge in [0.15, 0.2) is 0 Å². The summed E-state index contributed by atoms with van der Waals surface area (Å²) in [7, 11) is 0. The van der Waals surface area contributed by atoms with Gasteiger partial charge in [-0.3, -0.25) is 9.69 Å². The molecule has 4 heterocycles. The zero-order valence-electron chi connectivity index (χ0n) is 19.3. The SMILES string of the molecule is O=C(C1[C@@H]2C[C@H]1CN(CC(F)(F)F)C2)N1Cc2cccnc2Nc2ccc(N3CCOCC3)cc21. The van der Waals surface area contributed by atoms with Crippen LogP contribution in [0.2, 0.25) is 0 Å². The number of nitrogens with one attached hydrogen (secondary N) is 1. The number of carbonyl (C=O) groups is 1. The number of piperidine rings is 2. The molecule has 1 aliphatic carbocycles. The molecule has 10 heteroatoms. The van der Waals surface area contributed by atoms with Gasteiger partial charge in [-0.15, -0.1) is 0 Å². The number of pyridine rings is 1. The van der Waals surface area contributed by atoms with Gasteiger partial charge in [0, 0.05) is 49.5 Å². The van der Waals surface area contributed by atoms with Crippen LogP contribution >= 0.6 is 0 Å². The van der Waals surface area contributed by atoms with Crippen molar-refractivity contribution >= 4 is 28.8 Å². The van der Waals surface area contributed by atoms with Crippen molar-refractivity contribution in [1.82, 2.24) is 9.88 Å². The average Bonchev–Trinajstić information content (AvgIpc) is 3.00. The topological polar surface area (TPSA) is 60.9 Å². The fourth-order valence-corrected chi connectivity index (χ4v) is 6.08. The number of carbonyl (C=O) groups excluding carboxylic acids is 1. The molecule has 1 N–H and O–H groups in total. The van der Waals surface area contributed by atoms with E-state index in [1.54, 1.807) is 6.20 Å². The number of fused-ring (bicyclic) bond motifs is 4. The first kappa shape index (κ1) is 22.6. The van der Waals surface area contributed by atoms with Crippen LogP contribution in [0.1, 0.15) is 12.0 Å². The summed E-state index contributed by atoms with van der Waals surface area (Å²) in [5.74, 6) is 0.376. The molecule has 2 saturated heterocycles. The second-order valence-electron chi connectivity index (χ2n) is 9.95. The van der Waals surface area contributed by atoms with E-state index in [0.717, 1.165) is 42.1 Å². The first-order valence-corrected chi connectivity index (χ1v) is 12.1. The Labute approximate surface area is 201 Å². The summed E-state index contributed by atoms with van der Waals surface area (Å²) in [6.07, 6.45) is -1.68. The van der Waals surface area contributed by atoms with Gasteiger partial charge in [0.25, 0.3) is 0 Å². The number of hydrogen-bond acceptors (Lipinski definition) is 6. The van der Waals surface area contributed by atoms with Crippen LogP contribution in [0.4, 0.5) is 36.1 Å². The number of ether oxygens (including phenoxy) is 1. The zero-order valence-corrected chi connectivity index (χ0v) is 19.3. The Morgan fingerprint density at radius 3 is 2.66 bits per heavy atom. The number of nitrogens with zero attached hydrogens (tertiary/aromatic N) is 4. The lowest BCUT2D eigenvalue weighted by Crippen LogP contribution is -2.61. The second-order valence-corrected chi connectivity index (χ2v) is 9.95. The summed E-state index contributed by atoms with van der Waals surface area (Å²) >= 11 is 0. The molecule has 35 heavy (non-hydrogen) atoms. The lowest BCUT2D eigenvalue weighted by atomic mass is 9.61. The van der Waals surface area contributed by atoms with E-state index in [1.165, 1.54) is 4.90 Å². The van der Waals surface area contributed by atoms with Gasteiger partial charge in [-0.25, -0.2) is 4.98 Å². The van der Waals surface area contributed by atoms with Crippen molar-refractivity contribution in [3.05, 3.63) is 42.1 Å². The molecule has 186 valence electrons. The quantitative estimate of drug-likeness (QED) is 0.714. The van der Waals surface area contributed by atoms with Crippen LogP contribution < -0.4 is 15.1 Å². The van der Waals surface area contributed by atoms with Crippen LogP contribution in [0.5, 0.6) is 0 Å². The van der Waals surface area contributed by atoms with Crippen molar-refractivity contribution in [2.45, 2.75) is 19.1 Å². The van der Waals surface area contributed by atoms with E-state index in [1.807, 2.05) is 35.2 Å². The van der Waals surface area contributed by atoms with Crippen molar-refractivity contribution in [1.29, 1.82) is 0 Å². The molecule has 0 radical (unpaired) electrons. The highest BCUT2D eigenvalue weighted by molar-refractivity contribution is 6.01. The number of hydrogen-bond donors (Lipinski definition) is 1. The Morgan fingerprint density at radius 2 is 1.91 bits per heavy atom.